The summed E-state index contributed by atoms with van der Waals surface area (Å²) in [7, 11) is 1.27. The number of carboxylic acids is 1. The number of carbonyl (C=O) groups is 5. The van der Waals surface area contributed by atoms with Crippen LogP contribution in [0.25, 0.3) is 0 Å². The highest BCUT2D eigenvalue weighted by Gasteiger charge is 2.83. The van der Waals surface area contributed by atoms with Gasteiger partial charge in [-0.25, -0.2) is 4.79 Å². The van der Waals surface area contributed by atoms with E-state index in [1.54, 1.807) is 0 Å². The molecule has 6 aliphatic rings. The summed E-state index contributed by atoms with van der Waals surface area (Å²) in [6.45, 7) is 6.12. The van der Waals surface area contributed by atoms with Crippen LogP contribution >= 0.6 is 0 Å². The predicted octanol–water partition coefficient (Wildman–Crippen LogP) is 2.40. The molecule has 3 aliphatic heterocycles. The van der Waals surface area contributed by atoms with Crippen molar-refractivity contribution in [3.63, 3.8) is 0 Å². The largest absolute Gasteiger partial charge is 0.481 e. The van der Waals surface area contributed by atoms with Gasteiger partial charge < -0.3 is 24.1 Å². The Labute approximate surface area is 238 Å². The minimum Gasteiger partial charge on any atom is -0.481 e. The lowest BCUT2D eigenvalue weighted by molar-refractivity contribution is -0.199. The summed E-state index contributed by atoms with van der Waals surface area (Å²) < 4.78 is 23.6. The highest BCUT2D eigenvalue weighted by molar-refractivity contribution is 5.93. The molecule has 0 amide bonds. The lowest BCUT2D eigenvalue weighted by Crippen LogP contribution is -2.74. The molecule has 0 aromatic rings. The Morgan fingerprint density at radius 2 is 1.63 bits per heavy atom. The molecule has 6 rings (SSSR count). The van der Waals surface area contributed by atoms with E-state index in [-0.39, 0.29) is 41.8 Å². The lowest BCUT2D eigenvalue weighted by atomic mass is 9.51. The van der Waals surface area contributed by atoms with Crippen LogP contribution in [-0.2, 0) is 42.9 Å². The van der Waals surface area contributed by atoms with E-state index >= 15 is 0 Å². The Bertz CT molecular complexity index is 1240. The maximum absolute atomic E-state index is 13.9. The number of hydrogen-bond acceptors (Lipinski definition) is 10. The van der Waals surface area contributed by atoms with E-state index in [2.05, 4.69) is 11.8 Å². The van der Waals surface area contributed by atoms with Gasteiger partial charge in [0.25, 0.3) is 0 Å². The fourth-order valence-electron chi connectivity index (χ4n) is 10.7. The zero-order valence-corrected chi connectivity index (χ0v) is 24.2. The minimum absolute atomic E-state index is 0.0220. The number of fused-ring (bicyclic) bond motifs is 2. The maximum Gasteiger partial charge on any atom is 0.337 e. The van der Waals surface area contributed by atoms with Crippen molar-refractivity contribution in [1.29, 1.82) is 0 Å². The highest BCUT2D eigenvalue weighted by Crippen LogP contribution is 2.76. The Hall–Kier alpha value is -2.95. The van der Waals surface area contributed by atoms with Crippen LogP contribution in [0.5, 0.6) is 0 Å². The fraction of sp³-hybridized carbons (Fsp3) is 0.767. The Balaban J connectivity index is 1.67. The molecule has 41 heavy (non-hydrogen) atoms. The normalized spacial score (nSPS) is 44.9. The quantitative estimate of drug-likeness (QED) is 0.369. The van der Waals surface area contributed by atoms with E-state index in [1.807, 2.05) is 0 Å². The van der Waals surface area contributed by atoms with Crippen LogP contribution in [0.3, 0.4) is 0 Å². The van der Waals surface area contributed by atoms with Gasteiger partial charge in [0.1, 0.15) is 17.8 Å². The van der Waals surface area contributed by atoms with Crippen LogP contribution < -0.4 is 0 Å². The zero-order chi connectivity index (χ0) is 29.6. The first-order valence-corrected chi connectivity index (χ1v) is 14.8. The first kappa shape index (κ1) is 28.2. The van der Waals surface area contributed by atoms with Crippen molar-refractivity contribution in [3.05, 3.63) is 11.1 Å². The van der Waals surface area contributed by atoms with Crippen LogP contribution in [0.1, 0.15) is 72.6 Å². The molecule has 5 bridgehead atoms. The van der Waals surface area contributed by atoms with Crippen molar-refractivity contribution >= 4 is 29.8 Å². The van der Waals surface area contributed by atoms with Crippen molar-refractivity contribution in [1.82, 2.24) is 4.90 Å². The summed E-state index contributed by atoms with van der Waals surface area (Å²) in [5, 5.41) is 9.75. The van der Waals surface area contributed by atoms with E-state index in [4.69, 9.17) is 18.9 Å². The van der Waals surface area contributed by atoms with Crippen LogP contribution in [0.15, 0.2) is 11.1 Å². The molecule has 0 aromatic carbocycles. The molecule has 1 spiro atoms. The van der Waals surface area contributed by atoms with E-state index in [0.717, 1.165) is 19.3 Å². The number of piperidine rings is 2. The standard InChI is InChI=1S/C30H39NO10/c1-13-6-8-19-21-11-18-12-29(19,41-16(4)34)27-24(28(37)38-5)26(40-15(3)33)23-20(30(18,27)31(13)21)9-7-17(10-22(35)36)25(23)39-14(2)32/h13,17-21,23,25-26H,6-12H2,1-5H3,(H,35,36)/t13-,17+,18-,19+,20+,21+,23-,25-,26-,29+,30+/m1/s1. The zero-order valence-electron chi connectivity index (χ0n) is 24.2. The molecule has 2 saturated carbocycles. The van der Waals surface area contributed by atoms with Gasteiger partial charge in [-0.2, -0.15) is 0 Å². The molecule has 11 nitrogen and oxygen atoms in total. The number of rotatable bonds is 6. The molecule has 11 heteroatoms. The molecule has 1 unspecified atom stereocenters. The summed E-state index contributed by atoms with van der Waals surface area (Å²) in [5.41, 5.74) is -0.871. The predicted molar refractivity (Wildman–Crippen MR) is 140 cm³/mol. The third-order valence-corrected chi connectivity index (χ3v) is 11.1. The maximum atomic E-state index is 13.9. The average molecular weight is 574 g/mol. The van der Waals surface area contributed by atoms with Gasteiger partial charge in [0.05, 0.1) is 24.6 Å². The summed E-state index contributed by atoms with van der Waals surface area (Å²) in [6, 6.07) is 0.327. The summed E-state index contributed by atoms with van der Waals surface area (Å²) in [6.07, 6.45) is 1.97. The first-order chi connectivity index (χ1) is 19.4. The SMILES string of the molecule is COC(=O)C1=C2[C@]3([C@@H]4C[C@H]5[C@H](CC[C@@H](C)N53)[C@@]2(OC(C)=O)C4)[C@H]2CC[C@@H](CC(=O)O)[C@@H](OC(C)=O)[C@@H]2[C@H]1OC(C)=O. The number of carboxylic acid groups (broad SMARTS) is 1. The second kappa shape index (κ2) is 9.54. The average Bonchev–Trinajstić information content (AvgIpc) is 3.28. The molecular formula is C30H39NO10. The van der Waals surface area contributed by atoms with Gasteiger partial charge in [-0.1, -0.05) is 0 Å². The molecule has 1 N–H and O–H groups in total. The highest BCUT2D eigenvalue weighted by atomic mass is 16.6. The van der Waals surface area contributed by atoms with Gasteiger partial charge in [0.15, 0.2) is 0 Å². The first-order valence-electron chi connectivity index (χ1n) is 14.8. The number of esters is 4. The lowest BCUT2D eigenvalue weighted by Gasteiger charge is -2.65. The molecule has 3 saturated heterocycles. The molecule has 5 fully saturated rings. The summed E-state index contributed by atoms with van der Waals surface area (Å²) in [5.74, 6) is -4.75. The Morgan fingerprint density at radius 1 is 0.951 bits per heavy atom. The Kier molecular flexibility index (Phi) is 6.56. The third kappa shape index (κ3) is 3.69. The van der Waals surface area contributed by atoms with Crippen LogP contribution in [-0.4, -0.2) is 82.4 Å². The number of nitrogens with zero attached hydrogens (tertiary/aromatic N) is 1. The third-order valence-electron chi connectivity index (χ3n) is 11.1. The van der Waals surface area contributed by atoms with Crippen LogP contribution in [0.4, 0.5) is 0 Å². The smallest absolute Gasteiger partial charge is 0.337 e. The minimum atomic E-state index is -1.16. The second-order valence-electron chi connectivity index (χ2n) is 13.0. The van der Waals surface area contributed by atoms with Crippen molar-refractivity contribution in [2.24, 2.45) is 29.6 Å². The summed E-state index contributed by atoms with van der Waals surface area (Å²) >= 11 is 0. The van der Waals surface area contributed by atoms with Crippen molar-refractivity contribution < 1.29 is 48.0 Å². The van der Waals surface area contributed by atoms with Gasteiger partial charge >= 0.3 is 29.8 Å². The number of hydrogen-bond donors (Lipinski definition) is 1. The second-order valence-corrected chi connectivity index (χ2v) is 13.0. The van der Waals surface area contributed by atoms with Gasteiger partial charge in [-0.3, -0.25) is 24.1 Å². The van der Waals surface area contributed by atoms with Gasteiger partial charge in [0.2, 0.25) is 0 Å². The molecule has 3 aliphatic carbocycles. The fourth-order valence-corrected chi connectivity index (χ4v) is 10.7. The van der Waals surface area contributed by atoms with Crippen LogP contribution in [0, 0.1) is 29.6 Å². The molecule has 0 aromatic heterocycles. The molecular weight excluding hydrogens is 534 g/mol. The number of carbonyl (C=O) groups excluding carboxylic acids is 4. The number of aliphatic carboxylic acids is 1. The van der Waals surface area contributed by atoms with Crippen molar-refractivity contribution in [2.45, 2.75) is 108 Å². The molecule has 12 atom stereocenters. The Morgan fingerprint density at radius 3 is 2.24 bits per heavy atom. The molecule has 3 heterocycles. The number of ether oxygens (including phenoxy) is 4. The number of methoxy groups -OCH3 is 1. The van der Waals surface area contributed by atoms with E-state index in [9.17, 15) is 29.1 Å². The van der Waals surface area contributed by atoms with Gasteiger partial charge in [-0.15, -0.1) is 0 Å². The summed E-state index contributed by atoms with van der Waals surface area (Å²) in [4.78, 5) is 66.2. The van der Waals surface area contributed by atoms with Crippen molar-refractivity contribution in [3.8, 4) is 0 Å². The monoisotopic (exact) mass is 573 g/mol. The van der Waals surface area contributed by atoms with E-state index in [0.29, 0.717) is 24.8 Å². The molecule has 0 radical (unpaired) electrons. The van der Waals surface area contributed by atoms with Crippen molar-refractivity contribution in [2.75, 3.05) is 7.11 Å². The van der Waals surface area contributed by atoms with E-state index in [1.165, 1.54) is 27.9 Å². The van der Waals surface area contributed by atoms with Gasteiger partial charge in [-0.05, 0) is 57.3 Å². The molecule has 224 valence electrons. The van der Waals surface area contributed by atoms with Gasteiger partial charge in [0, 0.05) is 56.2 Å². The topological polar surface area (TPSA) is 146 Å². The van der Waals surface area contributed by atoms with E-state index < -0.39 is 65.0 Å². The van der Waals surface area contributed by atoms with Crippen LogP contribution in [0.2, 0.25) is 0 Å².